The van der Waals surface area contributed by atoms with Crippen molar-refractivity contribution in [1.82, 2.24) is 10.1 Å². The minimum absolute atomic E-state index is 0.318. The summed E-state index contributed by atoms with van der Waals surface area (Å²) < 4.78 is 30.2. The second-order valence-corrected chi connectivity index (χ2v) is 8.16. The van der Waals surface area contributed by atoms with E-state index in [0.29, 0.717) is 9.79 Å². The Morgan fingerprint density at radius 2 is 1.72 bits per heavy atom. The lowest BCUT2D eigenvalue weighted by molar-refractivity contribution is 0.244. The molecule has 0 unspecified atom stereocenters. The van der Waals surface area contributed by atoms with E-state index in [0.717, 1.165) is 42.9 Å². The first-order valence-electron chi connectivity index (χ1n) is 8.16. The van der Waals surface area contributed by atoms with Gasteiger partial charge in [-0.2, -0.15) is 0 Å². The molecule has 0 bridgehead atoms. The molecule has 4 rings (SSSR count). The highest BCUT2D eigenvalue weighted by Gasteiger charge is 2.20. The molecule has 0 saturated carbocycles. The maximum atomic E-state index is 12.6. The molecule has 0 amide bonds. The second-order valence-electron chi connectivity index (χ2n) is 6.21. The summed E-state index contributed by atoms with van der Waals surface area (Å²) >= 11 is 0. The molecule has 0 spiro atoms. The van der Waals surface area contributed by atoms with Gasteiger partial charge in [-0.05, 0) is 29.8 Å². The molecular formula is C19H18N2O3S. The lowest BCUT2D eigenvalue weighted by Gasteiger charge is -2.25. The minimum atomic E-state index is -3.46. The fourth-order valence-electron chi connectivity index (χ4n) is 3.10. The van der Waals surface area contributed by atoms with Crippen molar-refractivity contribution in [2.24, 2.45) is 0 Å². The molecule has 0 saturated heterocycles. The molecule has 3 aromatic rings. The molecule has 1 aliphatic heterocycles. The van der Waals surface area contributed by atoms with Crippen molar-refractivity contribution in [3.63, 3.8) is 0 Å². The largest absolute Gasteiger partial charge is 0.364 e. The van der Waals surface area contributed by atoms with E-state index in [-0.39, 0.29) is 0 Å². The third-order valence-corrected chi connectivity index (χ3v) is 6.27. The lowest BCUT2D eigenvalue weighted by atomic mass is 10.1. The first kappa shape index (κ1) is 16.1. The topological polar surface area (TPSA) is 63.4 Å². The predicted molar refractivity (Wildman–Crippen MR) is 92.7 cm³/mol. The molecule has 5 nitrogen and oxygen atoms in total. The molecule has 0 aliphatic carbocycles. The molecule has 0 atom stereocenters. The predicted octanol–water partition coefficient (Wildman–Crippen LogP) is 3.07. The Kier molecular flexibility index (Phi) is 4.15. The summed E-state index contributed by atoms with van der Waals surface area (Å²) in [6.45, 7) is 2.50. The number of hydrogen-bond acceptors (Lipinski definition) is 5. The Bertz CT molecular complexity index is 963. The standard InChI is InChI=1S/C19H18N2O3S/c22-25(23,17-4-2-1-3-5-17)18-8-6-15(7-9-18)12-21-11-10-19-16(13-21)14-24-20-19/h1-9,14H,10-13H2. The molecule has 6 heteroatoms. The third-order valence-electron chi connectivity index (χ3n) is 4.48. The van der Waals surface area contributed by atoms with Crippen molar-refractivity contribution in [1.29, 1.82) is 0 Å². The highest BCUT2D eigenvalue weighted by Crippen LogP contribution is 2.23. The highest BCUT2D eigenvalue weighted by atomic mass is 32.2. The van der Waals surface area contributed by atoms with Crippen LogP contribution < -0.4 is 0 Å². The van der Waals surface area contributed by atoms with Crippen molar-refractivity contribution in [3.8, 4) is 0 Å². The number of nitrogens with zero attached hydrogens (tertiary/aromatic N) is 2. The van der Waals surface area contributed by atoms with Gasteiger partial charge in [0, 0.05) is 31.6 Å². The summed E-state index contributed by atoms with van der Waals surface area (Å²) in [6.07, 6.45) is 2.59. The zero-order valence-electron chi connectivity index (χ0n) is 13.6. The van der Waals surface area contributed by atoms with Gasteiger partial charge in [0.15, 0.2) is 0 Å². The normalized spacial score (nSPS) is 15.0. The van der Waals surface area contributed by atoms with E-state index in [1.165, 1.54) is 0 Å². The van der Waals surface area contributed by atoms with Crippen LogP contribution in [0, 0.1) is 0 Å². The Hall–Kier alpha value is -2.44. The van der Waals surface area contributed by atoms with Crippen LogP contribution in [0.4, 0.5) is 0 Å². The van der Waals surface area contributed by atoms with Crippen LogP contribution >= 0.6 is 0 Å². The molecule has 0 fully saturated rings. The quantitative estimate of drug-likeness (QED) is 0.720. The van der Waals surface area contributed by atoms with Crippen LogP contribution in [-0.4, -0.2) is 25.0 Å². The van der Waals surface area contributed by atoms with Crippen molar-refractivity contribution in [2.75, 3.05) is 6.54 Å². The van der Waals surface area contributed by atoms with Gasteiger partial charge in [-0.15, -0.1) is 0 Å². The van der Waals surface area contributed by atoms with Gasteiger partial charge in [0.2, 0.25) is 9.84 Å². The molecule has 2 aromatic carbocycles. The fraction of sp³-hybridized carbons (Fsp3) is 0.211. The van der Waals surface area contributed by atoms with E-state index >= 15 is 0 Å². The van der Waals surface area contributed by atoms with Crippen molar-refractivity contribution < 1.29 is 12.9 Å². The number of benzene rings is 2. The fourth-order valence-corrected chi connectivity index (χ4v) is 4.38. The Balaban J connectivity index is 1.49. The molecule has 1 aliphatic rings. The monoisotopic (exact) mass is 354 g/mol. The van der Waals surface area contributed by atoms with Crippen LogP contribution in [0.2, 0.25) is 0 Å². The van der Waals surface area contributed by atoms with Gasteiger partial charge in [0.1, 0.15) is 6.26 Å². The van der Waals surface area contributed by atoms with E-state index < -0.39 is 9.84 Å². The summed E-state index contributed by atoms with van der Waals surface area (Å²) in [5, 5.41) is 4.00. The number of fused-ring (bicyclic) bond motifs is 1. The summed E-state index contributed by atoms with van der Waals surface area (Å²) in [5.41, 5.74) is 3.27. The van der Waals surface area contributed by atoms with Crippen LogP contribution in [0.5, 0.6) is 0 Å². The number of sulfone groups is 1. The van der Waals surface area contributed by atoms with Gasteiger partial charge in [-0.3, -0.25) is 4.90 Å². The van der Waals surface area contributed by atoms with Crippen molar-refractivity contribution in [3.05, 3.63) is 77.7 Å². The van der Waals surface area contributed by atoms with Crippen molar-refractivity contribution in [2.45, 2.75) is 29.3 Å². The third kappa shape index (κ3) is 3.23. The zero-order valence-corrected chi connectivity index (χ0v) is 14.4. The first-order chi connectivity index (χ1) is 12.1. The first-order valence-corrected chi connectivity index (χ1v) is 9.65. The molecule has 0 N–H and O–H groups in total. The molecule has 0 radical (unpaired) electrons. The number of rotatable bonds is 4. The minimum Gasteiger partial charge on any atom is -0.364 e. The average molecular weight is 354 g/mol. The van der Waals surface area contributed by atoms with Crippen LogP contribution in [0.1, 0.15) is 16.8 Å². The van der Waals surface area contributed by atoms with Gasteiger partial charge < -0.3 is 4.52 Å². The van der Waals surface area contributed by atoms with E-state index in [1.807, 2.05) is 18.2 Å². The molecule has 2 heterocycles. The Morgan fingerprint density at radius 1 is 1.00 bits per heavy atom. The molecule has 1 aromatic heterocycles. The molecule has 25 heavy (non-hydrogen) atoms. The molecular weight excluding hydrogens is 336 g/mol. The number of hydrogen-bond donors (Lipinski definition) is 0. The summed E-state index contributed by atoms with van der Waals surface area (Å²) in [5.74, 6) is 0. The van der Waals surface area contributed by atoms with Crippen LogP contribution in [0.3, 0.4) is 0 Å². The van der Waals surface area contributed by atoms with E-state index in [2.05, 4.69) is 10.1 Å². The maximum absolute atomic E-state index is 12.6. The van der Waals surface area contributed by atoms with Gasteiger partial charge >= 0.3 is 0 Å². The van der Waals surface area contributed by atoms with Gasteiger partial charge in [-0.25, -0.2) is 8.42 Å². The summed E-state index contributed by atoms with van der Waals surface area (Å²) in [6, 6.07) is 15.7. The second kappa shape index (κ2) is 6.46. The van der Waals surface area contributed by atoms with Crippen LogP contribution in [0.25, 0.3) is 0 Å². The summed E-state index contributed by atoms with van der Waals surface area (Å²) in [7, 11) is -3.46. The lowest BCUT2D eigenvalue weighted by Crippen LogP contribution is -2.29. The van der Waals surface area contributed by atoms with Gasteiger partial charge in [-0.1, -0.05) is 35.5 Å². The highest BCUT2D eigenvalue weighted by molar-refractivity contribution is 7.91. The van der Waals surface area contributed by atoms with E-state index in [4.69, 9.17) is 4.52 Å². The van der Waals surface area contributed by atoms with E-state index in [9.17, 15) is 8.42 Å². The van der Waals surface area contributed by atoms with Crippen molar-refractivity contribution >= 4 is 9.84 Å². The molecule has 128 valence electrons. The summed E-state index contributed by atoms with van der Waals surface area (Å²) in [4.78, 5) is 2.95. The maximum Gasteiger partial charge on any atom is 0.206 e. The van der Waals surface area contributed by atoms with Crippen LogP contribution in [-0.2, 0) is 29.3 Å². The SMILES string of the molecule is O=S(=O)(c1ccccc1)c1ccc(CN2CCc3nocc3C2)cc1. The zero-order chi connectivity index (χ0) is 17.3. The Morgan fingerprint density at radius 3 is 2.48 bits per heavy atom. The number of aromatic nitrogens is 1. The average Bonchev–Trinajstić information content (AvgIpc) is 3.11. The smallest absolute Gasteiger partial charge is 0.206 e. The van der Waals surface area contributed by atoms with Gasteiger partial charge in [0.05, 0.1) is 15.5 Å². The van der Waals surface area contributed by atoms with Crippen LogP contribution in [0.15, 0.2) is 75.2 Å². The van der Waals surface area contributed by atoms with Gasteiger partial charge in [0.25, 0.3) is 0 Å². The van der Waals surface area contributed by atoms with E-state index in [1.54, 1.807) is 42.7 Å². The Labute approximate surface area is 146 Å².